The molecule has 0 atom stereocenters. The number of fused-ring (bicyclic) bond motifs is 1. The van der Waals surface area contributed by atoms with Gasteiger partial charge in [-0.25, -0.2) is 4.39 Å². The lowest BCUT2D eigenvalue weighted by Gasteiger charge is -2.13. The lowest BCUT2D eigenvalue weighted by atomic mass is 10.1. The maximum absolute atomic E-state index is 13.2. The summed E-state index contributed by atoms with van der Waals surface area (Å²) in [6.07, 6.45) is 2.68. The molecule has 0 spiro atoms. The number of para-hydroxylation sites is 2. The smallest absolute Gasteiger partial charge is 0.170 e. The number of nitrogens with one attached hydrogen (secondary N) is 3. The summed E-state index contributed by atoms with van der Waals surface area (Å²) < 4.78 is 18.5. The van der Waals surface area contributed by atoms with Crippen LogP contribution < -0.4 is 15.4 Å². The molecule has 24 heavy (non-hydrogen) atoms. The van der Waals surface area contributed by atoms with E-state index in [2.05, 4.69) is 15.6 Å². The number of hydrogen-bond acceptors (Lipinski definition) is 2. The predicted octanol–water partition coefficient (Wildman–Crippen LogP) is 3.84. The molecule has 0 saturated heterocycles. The summed E-state index contributed by atoms with van der Waals surface area (Å²) in [5.41, 5.74) is 2.75. The molecule has 0 radical (unpaired) electrons. The van der Waals surface area contributed by atoms with E-state index in [1.54, 1.807) is 13.2 Å². The Morgan fingerprint density at radius 1 is 1.25 bits per heavy atom. The summed E-state index contributed by atoms with van der Waals surface area (Å²) in [4.78, 5) is 3.09. The molecule has 0 fully saturated rings. The SMILES string of the molecule is COc1ccccc1NC(=S)NCCc1c[nH]c2cc(F)ccc12. The summed E-state index contributed by atoms with van der Waals surface area (Å²) in [5.74, 6) is 0.497. The molecule has 6 heteroatoms. The number of thiocarbonyl (C=S) groups is 1. The van der Waals surface area contributed by atoms with Crippen molar-refractivity contribution in [3.63, 3.8) is 0 Å². The van der Waals surface area contributed by atoms with Gasteiger partial charge in [-0.15, -0.1) is 0 Å². The minimum Gasteiger partial charge on any atom is -0.495 e. The standard InChI is InChI=1S/C18H18FN3OS/c1-23-17-5-3-2-4-15(17)22-18(24)20-9-8-12-11-21-16-10-13(19)6-7-14(12)16/h2-7,10-11,21H,8-9H2,1H3,(H2,20,22,24). The number of rotatable bonds is 5. The van der Waals surface area contributed by atoms with Crippen LogP contribution >= 0.6 is 12.2 Å². The Morgan fingerprint density at radius 3 is 2.92 bits per heavy atom. The molecule has 3 N–H and O–H groups in total. The molecule has 124 valence electrons. The van der Waals surface area contributed by atoms with Crippen molar-refractivity contribution in [2.45, 2.75) is 6.42 Å². The van der Waals surface area contributed by atoms with Gasteiger partial charge in [0, 0.05) is 23.6 Å². The van der Waals surface area contributed by atoms with Crippen LogP contribution in [0.5, 0.6) is 5.75 Å². The van der Waals surface area contributed by atoms with Crippen molar-refractivity contribution >= 4 is 33.9 Å². The number of aromatic amines is 1. The van der Waals surface area contributed by atoms with Crippen LogP contribution in [0, 0.1) is 5.82 Å². The third-order valence-electron chi connectivity index (χ3n) is 3.76. The maximum Gasteiger partial charge on any atom is 0.170 e. The van der Waals surface area contributed by atoms with Crippen LogP contribution in [0.4, 0.5) is 10.1 Å². The zero-order valence-corrected chi connectivity index (χ0v) is 14.0. The highest BCUT2D eigenvalue weighted by molar-refractivity contribution is 7.80. The molecule has 1 heterocycles. The van der Waals surface area contributed by atoms with Crippen molar-refractivity contribution < 1.29 is 9.13 Å². The van der Waals surface area contributed by atoms with Crippen LogP contribution in [0.1, 0.15) is 5.56 Å². The zero-order valence-electron chi connectivity index (χ0n) is 13.2. The largest absolute Gasteiger partial charge is 0.495 e. The van der Waals surface area contributed by atoms with Crippen molar-refractivity contribution in [3.8, 4) is 5.75 Å². The first-order chi connectivity index (χ1) is 11.7. The first kappa shape index (κ1) is 16.3. The van der Waals surface area contributed by atoms with Crippen LogP contribution in [0.2, 0.25) is 0 Å². The number of H-pyrrole nitrogens is 1. The zero-order chi connectivity index (χ0) is 16.9. The number of halogens is 1. The molecule has 0 aliphatic heterocycles. The third kappa shape index (κ3) is 3.65. The number of aromatic nitrogens is 1. The summed E-state index contributed by atoms with van der Waals surface area (Å²) >= 11 is 5.32. The van der Waals surface area contributed by atoms with Crippen LogP contribution in [-0.4, -0.2) is 23.8 Å². The lowest BCUT2D eigenvalue weighted by molar-refractivity contribution is 0.417. The van der Waals surface area contributed by atoms with E-state index >= 15 is 0 Å². The van der Waals surface area contributed by atoms with Gasteiger partial charge in [0.1, 0.15) is 11.6 Å². The van der Waals surface area contributed by atoms with Crippen LogP contribution in [-0.2, 0) is 6.42 Å². The van der Waals surface area contributed by atoms with Gasteiger partial charge < -0.3 is 20.4 Å². The molecule has 0 unspecified atom stereocenters. The highest BCUT2D eigenvalue weighted by Crippen LogP contribution is 2.23. The van der Waals surface area contributed by atoms with Gasteiger partial charge in [-0.2, -0.15) is 0 Å². The van der Waals surface area contributed by atoms with Gasteiger partial charge in [-0.3, -0.25) is 0 Å². The average Bonchev–Trinajstić information content (AvgIpc) is 2.97. The molecule has 0 saturated carbocycles. The van der Waals surface area contributed by atoms with Gasteiger partial charge in [0.15, 0.2) is 5.11 Å². The molecule has 0 aliphatic carbocycles. The number of anilines is 1. The van der Waals surface area contributed by atoms with E-state index in [4.69, 9.17) is 17.0 Å². The predicted molar refractivity (Wildman–Crippen MR) is 99.2 cm³/mol. The van der Waals surface area contributed by atoms with Gasteiger partial charge in [0.2, 0.25) is 0 Å². The van der Waals surface area contributed by atoms with E-state index in [0.717, 1.165) is 34.3 Å². The Kier molecular flexibility index (Phi) is 4.96. The average molecular weight is 343 g/mol. The minimum atomic E-state index is -0.240. The Hall–Kier alpha value is -2.60. The molecule has 3 rings (SSSR count). The Bertz CT molecular complexity index is 862. The lowest BCUT2D eigenvalue weighted by Crippen LogP contribution is -2.30. The fourth-order valence-electron chi connectivity index (χ4n) is 2.59. The van der Waals surface area contributed by atoms with E-state index in [0.29, 0.717) is 11.7 Å². The third-order valence-corrected chi connectivity index (χ3v) is 4.01. The number of hydrogen-bond donors (Lipinski definition) is 3. The van der Waals surface area contributed by atoms with Crippen molar-refractivity contribution in [2.24, 2.45) is 0 Å². The van der Waals surface area contributed by atoms with E-state index < -0.39 is 0 Å². The van der Waals surface area contributed by atoms with Crippen molar-refractivity contribution in [2.75, 3.05) is 19.0 Å². The Labute approximate surface area is 145 Å². The van der Waals surface area contributed by atoms with Gasteiger partial charge in [0.25, 0.3) is 0 Å². The number of benzene rings is 2. The molecular formula is C18H18FN3OS. The molecule has 0 bridgehead atoms. The summed E-state index contributed by atoms with van der Waals surface area (Å²) in [5, 5.41) is 7.86. The van der Waals surface area contributed by atoms with E-state index in [9.17, 15) is 4.39 Å². The van der Waals surface area contributed by atoms with Gasteiger partial charge in [-0.1, -0.05) is 12.1 Å². The Balaban J connectivity index is 1.56. The second kappa shape index (κ2) is 7.31. The highest BCUT2D eigenvalue weighted by atomic mass is 32.1. The van der Waals surface area contributed by atoms with Crippen LogP contribution in [0.25, 0.3) is 10.9 Å². The second-order valence-corrected chi connectivity index (χ2v) is 5.74. The van der Waals surface area contributed by atoms with Gasteiger partial charge >= 0.3 is 0 Å². The normalized spacial score (nSPS) is 10.6. The van der Waals surface area contributed by atoms with Crippen LogP contribution in [0.15, 0.2) is 48.7 Å². The summed E-state index contributed by atoms with van der Waals surface area (Å²) in [6.45, 7) is 0.672. The first-order valence-electron chi connectivity index (χ1n) is 7.61. The molecule has 2 aromatic carbocycles. The van der Waals surface area contributed by atoms with E-state index in [1.807, 2.05) is 30.5 Å². The molecule has 4 nitrogen and oxygen atoms in total. The molecular weight excluding hydrogens is 325 g/mol. The molecule has 0 amide bonds. The van der Waals surface area contributed by atoms with Crippen molar-refractivity contribution in [1.82, 2.24) is 10.3 Å². The fourth-order valence-corrected chi connectivity index (χ4v) is 2.80. The maximum atomic E-state index is 13.2. The van der Waals surface area contributed by atoms with E-state index in [1.165, 1.54) is 12.1 Å². The minimum absolute atomic E-state index is 0.240. The first-order valence-corrected chi connectivity index (χ1v) is 8.01. The van der Waals surface area contributed by atoms with Crippen molar-refractivity contribution in [1.29, 1.82) is 0 Å². The van der Waals surface area contributed by atoms with Crippen molar-refractivity contribution in [3.05, 3.63) is 60.0 Å². The molecule has 0 aliphatic rings. The number of methoxy groups -OCH3 is 1. The topological polar surface area (TPSA) is 49.1 Å². The number of ether oxygens (including phenoxy) is 1. The summed E-state index contributed by atoms with van der Waals surface area (Å²) in [7, 11) is 1.62. The van der Waals surface area contributed by atoms with E-state index in [-0.39, 0.29) is 5.82 Å². The monoisotopic (exact) mass is 343 g/mol. The van der Waals surface area contributed by atoms with Gasteiger partial charge in [0.05, 0.1) is 12.8 Å². The Morgan fingerprint density at radius 2 is 2.08 bits per heavy atom. The molecule has 1 aromatic heterocycles. The fraction of sp³-hybridized carbons (Fsp3) is 0.167. The highest BCUT2D eigenvalue weighted by Gasteiger charge is 2.06. The van der Waals surface area contributed by atoms with Gasteiger partial charge in [-0.05, 0) is 54.5 Å². The summed E-state index contributed by atoms with van der Waals surface area (Å²) in [6, 6.07) is 12.4. The van der Waals surface area contributed by atoms with Crippen LogP contribution in [0.3, 0.4) is 0 Å². The molecule has 3 aromatic rings. The quantitative estimate of drug-likeness (QED) is 0.616. The second-order valence-electron chi connectivity index (χ2n) is 5.34.